The molecule has 7 nitrogen and oxygen atoms in total. The fourth-order valence-electron chi connectivity index (χ4n) is 0.673. The van der Waals surface area contributed by atoms with Crippen LogP contribution in [0.1, 0.15) is 12.8 Å². The molecule has 11 heteroatoms. The SMILES string of the molecule is O=C([O-])CC([O-])(CC(=O)[O-])C(=O)[O-].[K+].[K+].[K+].[K+]. The van der Waals surface area contributed by atoms with Gasteiger partial charge in [0.25, 0.3) is 0 Å². The fraction of sp³-hybridized carbons (Fsp3) is 0.500. The maximum absolute atomic E-state index is 10.9. The smallest absolute Gasteiger partial charge is 0.845 e. The maximum Gasteiger partial charge on any atom is 1.00 e. The van der Waals surface area contributed by atoms with E-state index in [-0.39, 0.29) is 206 Å². The van der Waals surface area contributed by atoms with E-state index in [1.165, 1.54) is 0 Å². The summed E-state index contributed by atoms with van der Waals surface area (Å²) in [5.41, 5.74) is -3.22. The van der Waals surface area contributed by atoms with Crippen molar-refractivity contribution in [3.8, 4) is 0 Å². The molecule has 0 N–H and O–H groups in total. The molecular weight excluding hydrogens is 340 g/mol. The Morgan fingerprint density at radius 2 is 1.00 bits per heavy atom. The third-order valence-corrected chi connectivity index (χ3v) is 1.23. The first-order valence-corrected chi connectivity index (χ1v) is 3.09. The zero-order chi connectivity index (χ0) is 10.6. The quantitative estimate of drug-likeness (QED) is 0.450. The summed E-state index contributed by atoms with van der Waals surface area (Å²) in [6, 6.07) is 0. The second-order valence-corrected chi connectivity index (χ2v) is 2.38. The van der Waals surface area contributed by atoms with Gasteiger partial charge < -0.3 is 34.8 Å². The summed E-state index contributed by atoms with van der Waals surface area (Å²) < 4.78 is 0. The van der Waals surface area contributed by atoms with Gasteiger partial charge in [0, 0.05) is 17.9 Å². The first-order valence-electron chi connectivity index (χ1n) is 3.09. The third-order valence-electron chi connectivity index (χ3n) is 1.23. The summed E-state index contributed by atoms with van der Waals surface area (Å²) in [6.07, 6.45) is -2.94. The summed E-state index contributed by atoms with van der Waals surface area (Å²) in [7, 11) is 0. The molecule has 0 bridgehead atoms. The fourth-order valence-corrected chi connectivity index (χ4v) is 0.673. The topological polar surface area (TPSA) is 143 Å². The largest absolute Gasteiger partial charge is 1.00 e. The van der Waals surface area contributed by atoms with Crippen LogP contribution in [0.15, 0.2) is 0 Å². The molecule has 0 saturated heterocycles. The Morgan fingerprint density at radius 1 is 0.765 bits per heavy atom. The Hall–Kier alpha value is 4.92. The van der Waals surface area contributed by atoms with Gasteiger partial charge in [-0.25, -0.2) is 0 Å². The van der Waals surface area contributed by atoms with Crippen LogP contribution < -0.4 is 226 Å². The van der Waals surface area contributed by atoms with Gasteiger partial charge in [0.1, 0.15) is 0 Å². The van der Waals surface area contributed by atoms with Crippen LogP contribution in [0.2, 0.25) is 0 Å². The second kappa shape index (κ2) is 17.3. The molecule has 74 valence electrons. The zero-order valence-electron chi connectivity index (χ0n) is 10.3. The van der Waals surface area contributed by atoms with Gasteiger partial charge in [-0.15, -0.1) is 0 Å². The van der Waals surface area contributed by atoms with Gasteiger partial charge in [-0.05, 0) is 12.8 Å². The number of hydrogen-bond donors (Lipinski definition) is 0. The molecule has 0 aromatic carbocycles. The van der Waals surface area contributed by atoms with E-state index in [2.05, 4.69) is 0 Å². The van der Waals surface area contributed by atoms with E-state index >= 15 is 0 Å². The first kappa shape index (κ1) is 33.5. The van der Waals surface area contributed by atoms with Crippen molar-refractivity contribution < 1.29 is 240 Å². The van der Waals surface area contributed by atoms with Crippen molar-refractivity contribution in [2.24, 2.45) is 0 Å². The van der Waals surface area contributed by atoms with E-state index < -0.39 is 36.4 Å². The predicted octanol–water partition coefficient (Wildman–Crippen LogP) is -17.9. The Morgan fingerprint density at radius 3 is 1.12 bits per heavy atom. The van der Waals surface area contributed by atoms with Crippen LogP contribution in [-0.4, -0.2) is 23.5 Å². The van der Waals surface area contributed by atoms with Crippen molar-refractivity contribution in [2.75, 3.05) is 0 Å². The summed E-state index contributed by atoms with van der Waals surface area (Å²) in [5.74, 6) is -6.22. The minimum atomic E-state index is -3.22. The molecule has 17 heavy (non-hydrogen) atoms. The molecular formula is C6H4K4O7. The number of hydrogen-bond acceptors (Lipinski definition) is 7. The summed E-state index contributed by atoms with van der Waals surface area (Å²) in [6.45, 7) is 0. The number of carboxylic acids is 3. The molecule has 0 radical (unpaired) electrons. The first-order chi connectivity index (χ1) is 5.78. The van der Waals surface area contributed by atoms with Crippen molar-refractivity contribution in [1.29, 1.82) is 0 Å². The Balaban J connectivity index is -0.000000120. The number of carbonyl (C=O) groups excluding carboxylic acids is 3. The number of carboxylic acid groups (broad SMARTS) is 3. The molecule has 0 aromatic heterocycles. The average molecular weight is 344 g/mol. The normalized spacial score (nSPS) is 8.29. The van der Waals surface area contributed by atoms with E-state index in [0.717, 1.165) is 0 Å². The maximum atomic E-state index is 10.9. The van der Waals surface area contributed by atoms with Gasteiger partial charge in [-0.3, -0.25) is 0 Å². The van der Waals surface area contributed by atoms with E-state index in [1.54, 1.807) is 0 Å². The van der Waals surface area contributed by atoms with Gasteiger partial charge >= 0.3 is 206 Å². The third kappa shape index (κ3) is 17.1. The van der Waals surface area contributed by atoms with Gasteiger partial charge in [0.2, 0.25) is 0 Å². The summed E-state index contributed by atoms with van der Waals surface area (Å²) in [5, 5.41) is 40.8. The van der Waals surface area contributed by atoms with Crippen molar-refractivity contribution in [1.82, 2.24) is 0 Å². The van der Waals surface area contributed by atoms with Gasteiger partial charge in [-0.1, -0.05) is 5.60 Å². The van der Waals surface area contributed by atoms with Crippen molar-refractivity contribution in [3.63, 3.8) is 0 Å². The van der Waals surface area contributed by atoms with Crippen molar-refractivity contribution in [2.45, 2.75) is 18.4 Å². The molecule has 0 unspecified atom stereocenters. The molecule has 0 spiro atoms. The second-order valence-electron chi connectivity index (χ2n) is 2.38. The Labute approximate surface area is 268 Å². The molecule has 0 aromatic rings. The van der Waals surface area contributed by atoms with E-state index in [9.17, 15) is 34.8 Å². The van der Waals surface area contributed by atoms with Gasteiger partial charge in [-0.2, -0.15) is 0 Å². The van der Waals surface area contributed by atoms with E-state index in [0.29, 0.717) is 0 Å². The molecule has 0 saturated carbocycles. The molecule has 0 fully saturated rings. The van der Waals surface area contributed by atoms with E-state index in [1.807, 2.05) is 0 Å². The monoisotopic (exact) mass is 344 g/mol. The Bertz CT molecular complexity index is 241. The van der Waals surface area contributed by atoms with Gasteiger partial charge in [0.05, 0.1) is 0 Å². The Kier molecular flexibility index (Phi) is 34.0. The van der Waals surface area contributed by atoms with Crippen LogP contribution in [0.25, 0.3) is 0 Å². The number of aliphatic carboxylic acids is 3. The molecule has 0 aliphatic heterocycles. The molecule has 0 aliphatic rings. The van der Waals surface area contributed by atoms with Crippen molar-refractivity contribution >= 4 is 17.9 Å². The molecule has 0 aliphatic carbocycles. The molecule has 0 amide bonds. The number of rotatable bonds is 5. The van der Waals surface area contributed by atoms with Gasteiger partial charge in [0.15, 0.2) is 0 Å². The molecule has 0 atom stereocenters. The summed E-state index contributed by atoms with van der Waals surface area (Å²) in [4.78, 5) is 29.9. The zero-order valence-corrected chi connectivity index (χ0v) is 22.8. The predicted molar refractivity (Wildman–Crippen MR) is 27.0 cm³/mol. The standard InChI is InChI=1S/C6H7O7.4K/c7-3(8)1-6(13,5(11)12)2-4(9)10;;;;/h1-2H2,(H,7,8)(H,9,10)(H,11,12);;;;/q-1;4*+1/p-3. The minimum absolute atomic E-state index is 0. The van der Waals surface area contributed by atoms with Crippen LogP contribution in [0.5, 0.6) is 0 Å². The van der Waals surface area contributed by atoms with Crippen LogP contribution in [0.4, 0.5) is 0 Å². The van der Waals surface area contributed by atoms with Crippen LogP contribution in [0, 0.1) is 0 Å². The van der Waals surface area contributed by atoms with Crippen molar-refractivity contribution in [3.05, 3.63) is 0 Å². The molecule has 0 rings (SSSR count). The van der Waals surface area contributed by atoms with E-state index in [4.69, 9.17) is 0 Å². The number of carbonyl (C=O) groups is 3. The molecule has 0 heterocycles. The average Bonchev–Trinajstić information content (AvgIpc) is 1.82. The minimum Gasteiger partial charge on any atom is -0.845 e. The van der Waals surface area contributed by atoms with Crippen LogP contribution >= 0.6 is 0 Å². The van der Waals surface area contributed by atoms with Crippen LogP contribution in [-0.2, 0) is 14.4 Å². The van der Waals surface area contributed by atoms with Crippen LogP contribution in [0.3, 0.4) is 0 Å². The summed E-state index contributed by atoms with van der Waals surface area (Å²) >= 11 is 0.